The molecule has 6 nitrogen and oxygen atoms in total. The lowest BCUT2D eigenvalue weighted by molar-refractivity contribution is 0.454. The van der Waals surface area contributed by atoms with E-state index in [0.717, 1.165) is 17.6 Å². The Hall–Kier alpha value is -1.58. The predicted molar refractivity (Wildman–Crippen MR) is 78.8 cm³/mol. The van der Waals surface area contributed by atoms with Crippen molar-refractivity contribution >= 4 is 31.6 Å². The molecule has 0 unspecified atom stereocenters. The van der Waals surface area contributed by atoms with Crippen molar-refractivity contribution < 1.29 is 25.2 Å². The molecule has 2 aromatic rings. The molecule has 0 aliphatic carbocycles. The van der Waals surface area contributed by atoms with Crippen LogP contribution in [0.5, 0.6) is 11.5 Å². The summed E-state index contributed by atoms with van der Waals surface area (Å²) in [5.74, 6) is -0.312. The van der Waals surface area contributed by atoms with Gasteiger partial charge in [0.15, 0.2) is 11.5 Å². The van der Waals surface area contributed by atoms with Crippen LogP contribution >= 0.6 is 11.3 Å². The Morgan fingerprint density at radius 3 is 2.10 bits per heavy atom. The number of hydrogen-bond donors (Lipinski definition) is 0. The van der Waals surface area contributed by atoms with E-state index in [1.165, 1.54) is 16.8 Å². The van der Waals surface area contributed by atoms with E-state index in [1.807, 2.05) is 0 Å². The van der Waals surface area contributed by atoms with E-state index in [4.69, 9.17) is 4.18 Å². The molecular weight excluding hydrogens is 336 g/mol. The summed E-state index contributed by atoms with van der Waals surface area (Å²) in [5.41, 5.74) is 0.526. The van der Waals surface area contributed by atoms with Crippen LogP contribution < -0.4 is 8.37 Å². The van der Waals surface area contributed by atoms with Crippen molar-refractivity contribution in [3.63, 3.8) is 0 Å². The van der Waals surface area contributed by atoms with Crippen molar-refractivity contribution in [1.82, 2.24) is 0 Å². The molecule has 9 heteroatoms. The molecule has 1 aromatic carbocycles. The second-order valence-corrected chi connectivity index (χ2v) is 8.02. The molecule has 0 fully saturated rings. The van der Waals surface area contributed by atoms with Crippen LogP contribution in [-0.4, -0.2) is 23.1 Å². The minimum absolute atomic E-state index is 0.0153. The Morgan fingerprint density at radius 1 is 0.952 bits per heavy atom. The molecule has 2 rings (SSSR count). The number of rotatable bonds is 5. The average molecular weight is 348 g/mol. The summed E-state index contributed by atoms with van der Waals surface area (Å²) in [6.45, 7) is 1.64. The van der Waals surface area contributed by atoms with Crippen molar-refractivity contribution in [3.8, 4) is 11.5 Å². The molecule has 1 aromatic heterocycles. The summed E-state index contributed by atoms with van der Waals surface area (Å²) >= 11 is 1.07. The fraction of sp³-hybridized carbons (Fsp3) is 0.167. The van der Waals surface area contributed by atoms with Gasteiger partial charge in [0.1, 0.15) is 4.90 Å². The van der Waals surface area contributed by atoms with Gasteiger partial charge in [0.25, 0.3) is 0 Å². The minimum Gasteiger partial charge on any atom is -0.378 e. The molecule has 0 bridgehead atoms. The molecule has 0 saturated carbocycles. The van der Waals surface area contributed by atoms with E-state index in [0.29, 0.717) is 5.56 Å². The van der Waals surface area contributed by atoms with Crippen LogP contribution in [0.2, 0.25) is 0 Å². The van der Waals surface area contributed by atoms with Crippen LogP contribution in [0.3, 0.4) is 0 Å². The molecule has 0 N–H and O–H groups in total. The first-order chi connectivity index (χ1) is 9.69. The van der Waals surface area contributed by atoms with Crippen molar-refractivity contribution in [2.75, 3.05) is 6.26 Å². The van der Waals surface area contributed by atoms with Gasteiger partial charge in [-0.25, -0.2) is 0 Å². The van der Waals surface area contributed by atoms with E-state index in [9.17, 15) is 16.8 Å². The van der Waals surface area contributed by atoms with Gasteiger partial charge in [-0.15, -0.1) is 11.3 Å². The molecular formula is C12H12O6S3. The fourth-order valence-electron chi connectivity index (χ4n) is 1.56. The normalized spacial score (nSPS) is 12.1. The van der Waals surface area contributed by atoms with Crippen molar-refractivity contribution in [2.24, 2.45) is 0 Å². The van der Waals surface area contributed by atoms with Crippen molar-refractivity contribution in [2.45, 2.75) is 11.8 Å². The maximum Gasteiger partial charge on any atom is 0.339 e. The van der Waals surface area contributed by atoms with E-state index >= 15 is 0 Å². The van der Waals surface area contributed by atoms with Gasteiger partial charge in [0.05, 0.1) is 6.26 Å². The number of aryl methyl sites for hydroxylation is 1. The fourth-order valence-corrected chi connectivity index (χ4v) is 3.94. The van der Waals surface area contributed by atoms with Gasteiger partial charge < -0.3 is 8.37 Å². The van der Waals surface area contributed by atoms with Gasteiger partial charge in [-0.1, -0.05) is 18.2 Å². The maximum atomic E-state index is 12.2. The van der Waals surface area contributed by atoms with Crippen LogP contribution in [-0.2, 0) is 20.2 Å². The average Bonchev–Trinajstić information content (AvgIpc) is 2.74. The largest absolute Gasteiger partial charge is 0.378 e. The topological polar surface area (TPSA) is 86.7 Å². The van der Waals surface area contributed by atoms with E-state index in [-0.39, 0.29) is 16.4 Å². The zero-order chi connectivity index (χ0) is 15.7. The van der Waals surface area contributed by atoms with Crippen LogP contribution in [0.4, 0.5) is 0 Å². The summed E-state index contributed by atoms with van der Waals surface area (Å²) in [4.78, 5) is 0.0153. The van der Waals surface area contributed by atoms with E-state index < -0.39 is 20.2 Å². The molecule has 21 heavy (non-hydrogen) atoms. The highest BCUT2D eigenvalue weighted by molar-refractivity contribution is 7.87. The van der Waals surface area contributed by atoms with E-state index in [2.05, 4.69) is 4.18 Å². The minimum atomic E-state index is -4.06. The Morgan fingerprint density at radius 2 is 1.52 bits per heavy atom. The molecule has 1 heterocycles. The SMILES string of the molecule is Cc1ccccc1S(=O)(=O)Oc1cscc1OS(C)(=O)=O. The number of hydrogen-bond acceptors (Lipinski definition) is 7. The van der Waals surface area contributed by atoms with Crippen molar-refractivity contribution in [3.05, 3.63) is 40.6 Å². The molecule has 0 atom stereocenters. The maximum absolute atomic E-state index is 12.2. The number of benzene rings is 1. The lowest BCUT2D eigenvalue weighted by atomic mass is 10.2. The van der Waals surface area contributed by atoms with E-state index in [1.54, 1.807) is 25.1 Å². The first kappa shape index (κ1) is 15.8. The molecule has 0 radical (unpaired) electrons. The molecule has 0 amide bonds. The number of thiophene rings is 1. The summed E-state index contributed by atoms with van der Waals surface area (Å²) in [6.07, 6.45) is 0.865. The molecule has 0 aliphatic heterocycles. The molecule has 0 saturated heterocycles. The Labute approximate surface area is 127 Å². The Bertz CT molecular complexity index is 849. The van der Waals surface area contributed by atoms with Crippen LogP contribution in [0, 0.1) is 6.92 Å². The zero-order valence-corrected chi connectivity index (χ0v) is 13.6. The third kappa shape index (κ3) is 3.96. The smallest absolute Gasteiger partial charge is 0.339 e. The van der Waals surface area contributed by atoms with Crippen LogP contribution in [0.25, 0.3) is 0 Å². The quantitative estimate of drug-likeness (QED) is 0.770. The van der Waals surface area contributed by atoms with Crippen molar-refractivity contribution in [1.29, 1.82) is 0 Å². The van der Waals surface area contributed by atoms with Crippen LogP contribution in [0.1, 0.15) is 5.56 Å². The Balaban J connectivity index is 2.35. The molecule has 0 spiro atoms. The van der Waals surface area contributed by atoms with Gasteiger partial charge in [-0.2, -0.15) is 16.8 Å². The summed E-state index contributed by atoms with van der Waals surface area (Å²) in [6, 6.07) is 6.33. The predicted octanol–water partition coefficient (Wildman–Crippen LogP) is 2.16. The second-order valence-electron chi connectivity index (χ2n) is 4.19. The highest BCUT2D eigenvalue weighted by Crippen LogP contribution is 2.35. The molecule has 0 aliphatic rings. The Kier molecular flexibility index (Phi) is 4.26. The molecule has 114 valence electrons. The third-order valence-electron chi connectivity index (χ3n) is 2.40. The first-order valence-corrected chi connectivity index (χ1v) is 9.81. The zero-order valence-electron chi connectivity index (χ0n) is 11.1. The lowest BCUT2D eigenvalue weighted by Crippen LogP contribution is -2.12. The first-order valence-electron chi connectivity index (χ1n) is 5.65. The highest BCUT2D eigenvalue weighted by Gasteiger charge is 2.22. The standard InChI is InChI=1S/C12H12O6S3/c1-9-5-3-4-6-12(9)21(15,16)18-11-8-19-7-10(11)17-20(2,13)14/h3-8H,1-2H3. The summed E-state index contributed by atoms with van der Waals surface area (Å²) in [5, 5.41) is 2.71. The van der Waals surface area contributed by atoms with Gasteiger partial charge in [-0.05, 0) is 18.6 Å². The second kappa shape index (κ2) is 5.66. The third-order valence-corrected chi connectivity index (χ3v) is 4.97. The lowest BCUT2D eigenvalue weighted by Gasteiger charge is -2.09. The highest BCUT2D eigenvalue weighted by atomic mass is 32.2. The summed E-state index contributed by atoms with van der Waals surface area (Å²) in [7, 11) is -7.83. The monoisotopic (exact) mass is 348 g/mol. The van der Waals surface area contributed by atoms with Gasteiger partial charge in [0, 0.05) is 10.8 Å². The van der Waals surface area contributed by atoms with Gasteiger partial charge >= 0.3 is 20.2 Å². The summed E-state index contributed by atoms with van der Waals surface area (Å²) < 4.78 is 56.3. The van der Waals surface area contributed by atoms with Crippen LogP contribution in [0.15, 0.2) is 39.9 Å². The van der Waals surface area contributed by atoms with Gasteiger partial charge in [0.2, 0.25) is 0 Å². The van der Waals surface area contributed by atoms with Gasteiger partial charge in [-0.3, -0.25) is 0 Å².